The molecule has 0 bridgehead atoms. The number of sulfonamides is 1. The summed E-state index contributed by atoms with van der Waals surface area (Å²) < 4.78 is 32.2. The van der Waals surface area contributed by atoms with Crippen molar-refractivity contribution in [1.82, 2.24) is 14.6 Å². The average molecular weight is 404 g/mol. The molecule has 1 saturated heterocycles. The topological polar surface area (TPSA) is 88.6 Å². The van der Waals surface area contributed by atoms with Crippen molar-refractivity contribution in [2.45, 2.75) is 36.6 Å². The maximum atomic E-state index is 13.4. The zero-order valence-corrected chi connectivity index (χ0v) is 16.9. The fourth-order valence-electron chi connectivity index (χ4n) is 3.58. The van der Waals surface area contributed by atoms with Crippen LogP contribution in [0.2, 0.25) is 0 Å². The first-order valence-corrected chi connectivity index (χ1v) is 10.8. The number of likely N-dealkylation sites (tertiary alicyclic amines) is 1. The van der Waals surface area contributed by atoms with Gasteiger partial charge in [-0.15, -0.1) is 0 Å². The molecule has 0 radical (unpaired) electrons. The van der Waals surface area contributed by atoms with Crippen LogP contribution in [0.25, 0.3) is 0 Å². The van der Waals surface area contributed by atoms with Crippen molar-refractivity contribution in [2.75, 3.05) is 20.7 Å². The molecule has 2 heterocycles. The minimum atomic E-state index is -3.75. The van der Waals surface area contributed by atoms with Crippen molar-refractivity contribution >= 4 is 15.9 Å². The lowest BCUT2D eigenvalue weighted by Crippen LogP contribution is -2.35. The molecular weight excluding hydrogens is 378 g/mol. The van der Waals surface area contributed by atoms with Crippen LogP contribution in [0.1, 0.15) is 47.6 Å². The van der Waals surface area contributed by atoms with Gasteiger partial charge in [0.15, 0.2) is 0 Å². The number of rotatable bonds is 5. The zero-order valence-electron chi connectivity index (χ0n) is 16.1. The minimum Gasteiger partial charge on any atom is -0.495 e. The SMILES string of the molecule is CNS(=O)(=O)c1cc(C(=O)N2CCCCCC2c2ccncc2)ccc1OC. The van der Waals surface area contributed by atoms with E-state index in [2.05, 4.69) is 9.71 Å². The van der Waals surface area contributed by atoms with E-state index in [1.54, 1.807) is 18.5 Å². The molecule has 3 rings (SSSR count). The van der Waals surface area contributed by atoms with E-state index in [1.807, 2.05) is 17.0 Å². The molecule has 1 N–H and O–H groups in total. The molecule has 1 atom stereocenters. The van der Waals surface area contributed by atoms with Crippen LogP contribution < -0.4 is 9.46 Å². The number of hydrogen-bond acceptors (Lipinski definition) is 5. The number of carbonyl (C=O) groups is 1. The van der Waals surface area contributed by atoms with Gasteiger partial charge in [-0.2, -0.15) is 0 Å². The number of benzene rings is 1. The Hall–Kier alpha value is -2.45. The van der Waals surface area contributed by atoms with E-state index < -0.39 is 10.0 Å². The lowest BCUT2D eigenvalue weighted by atomic mass is 10.0. The summed E-state index contributed by atoms with van der Waals surface area (Å²) in [5.41, 5.74) is 1.37. The van der Waals surface area contributed by atoms with Crippen molar-refractivity contribution in [3.8, 4) is 5.75 Å². The summed E-state index contributed by atoms with van der Waals surface area (Å²) in [5, 5.41) is 0. The standard InChI is InChI=1S/C20H25N3O4S/c1-21-28(25,26)19-14-16(7-8-18(19)27-2)20(24)23-13-5-3-4-6-17(23)15-9-11-22-12-10-15/h7-12,14,17,21H,3-6,13H2,1-2H3. The summed E-state index contributed by atoms with van der Waals surface area (Å²) in [6.07, 6.45) is 7.35. The molecule has 2 aromatic rings. The number of aromatic nitrogens is 1. The maximum absolute atomic E-state index is 13.4. The van der Waals surface area contributed by atoms with Crippen LogP contribution in [0.5, 0.6) is 5.75 Å². The minimum absolute atomic E-state index is 0.0429. The van der Waals surface area contributed by atoms with Crippen LogP contribution in [-0.4, -0.2) is 44.9 Å². The Bertz CT molecular complexity index is 932. The Balaban J connectivity index is 2.00. The predicted octanol–water partition coefficient (Wildman–Crippen LogP) is 2.76. The molecule has 1 aliphatic heterocycles. The number of carbonyl (C=O) groups excluding carboxylic acids is 1. The van der Waals surface area contributed by atoms with Gasteiger partial charge in [-0.1, -0.05) is 12.8 Å². The van der Waals surface area contributed by atoms with Gasteiger partial charge in [0.1, 0.15) is 10.6 Å². The van der Waals surface area contributed by atoms with Gasteiger partial charge >= 0.3 is 0 Å². The lowest BCUT2D eigenvalue weighted by Gasteiger charge is -2.30. The zero-order chi connectivity index (χ0) is 20.1. The van der Waals surface area contributed by atoms with Gasteiger partial charge in [0.2, 0.25) is 10.0 Å². The third kappa shape index (κ3) is 4.18. The van der Waals surface area contributed by atoms with E-state index in [9.17, 15) is 13.2 Å². The van der Waals surface area contributed by atoms with Crippen LogP contribution >= 0.6 is 0 Å². The van der Waals surface area contributed by atoms with Crippen molar-refractivity contribution in [3.05, 3.63) is 53.9 Å². The molecule has 1 aromatic heterocycles. The van der Waals surface area contributed by atoms with Gasteiger partial charge in [0.05, 0.1) is 13.2 Å². The first-order chi connectivity index (χ1) is 13.5. The van der Waals surface area contributed by atoms with Gasteiger partial charge in [-0.05, 0) is 55.8 Å². The van der Waals surface area contributed by atoms with Crippen LogP contribution in [0, 0.1) is 0 Å². The van der Waals surface area contributed by atoms with Crippen molar-refractivity contribution in [2.24, 2.45) is 0 Å². The molecule has 1 aliphatic rings. The van der Waals surface area contributed by atoms with E-state index >= 15 is 0 Å². The molecule has 7 nitrogen and oxygen atoms in total. The van der Waals surface area contributed by atoms with Crippen LogP contribution in [0.3, 0.4) is 0 Å². The molecular formula is C20H25N3O4S. The number of pyridine rings is 1. The Kier molecular flexibility index (Phi) is 6.31. The number of ether oxygens (including phenoxy) is 1. The Morgan fingerprint density at radius 3 is 2.61 bits per heavy atom. The summed E-state index contributed by atoms with van der Waals surface area (Å²) in [6, 6.07) is 8.34. The summed E-state index contributed by atoms with van der Waals surface area (Å²) in [5.74, 6) is 0.0198. The smallest absolute Gasteiger partial charge is 0.254 e. The maximum Gasteiger partial charge on any atom is 0.254 e. The van der Waals surface area contributed by atoms with E-state index in [1.165, 1.54) is 26.3 Å². The van der Waals surface area contributed by atoms with Crippen molar-refractivity contribution in [1.29, 1.82) is 0 Å². The van der Waals surface area contributed by atoms with E-state index in [-0.39, 0.29) is 22.6 Å². The lowest BCUT2D eigenvalue weighted by molar-refractivity contribution is 0.0680. The fraction of sp³-hybridized carbons (Fsp3) is 0.400. The van der Waals surface area contributed by atoms with E-state index in [0.717, 1.165) is 31.2 Å². The normalized spacial score (nSPS) is 17.8. The molecule has 0 aliphatic carbocycles. The largest absolute Gasteiger partial charge is 0.495 e. The monoisotopic (exact) mass is 403 g/mol. The third-order valence-corrected chi connectivity index (χ3v) is 6.51. The second-order valence-corrected chi connectivity index (χ2v) is 8.57. The molecule has 1 amide bonds. The van der Waals surface area contributed by atoms with Gasteiger partial charge in [0.25, 0.3) is 5.91 Å². The molecule has 150 valence electrons. The summed E-state index contributed by atoms with van der Waals surface area (Å²) >= 11 is 0. The Labute approximate surface area is 165 Å². The third-order valence-electron chi connectivity index (χ3n) is 5.07. The van der Waals surface area contributed by atoms with Crippen molar-refractivity contribution < 1.29 is 17.9 Å². The molecule has 0 saturated carbocycles. The molecule has 1 aromatic carbocycles. The molecule has 28 heavy (non-hydrogen) atoms. The molecule has 8 heteroatoms. The fourth-order valence-corrected chi connectivity index (χ4v) is 4.50. The summed E-state index contributed by atoms with van der Waals surface area (Å²) in [4.78, 5) is 19.2. The Morgan fingerprint density at radius 1 is 1.18 bits per heavy atom. The summed E-state index contributed by atoms with van der Waals surface area (Å²) in [6.45, 7) is 0.631. The van der Waals surface area contributed by atoms with Gasteiger partial charge in [-0.25, -0.2) is 13.1 Å². The second kappa shape index (κ2) is 8.70. The second-order valence-electron chi connectivity index (χ2n) is 6.72. The highest BCUT2D eigenvalue weighted by atomic mass is 32.2. The number of methoxy groups -OCH3 is 1. The number of hydrogen-bond donors (Lipinski definition) is 1. The highest BCUT2D eigenvalue weighted by molar-refractivity contribution is 7.89. The molecule has 0 spiro atoms. The number of nitrogens with one attached hydrogen (secondary N) is 1. The van der Waals surface area contributed by atoms with Crippen LogP contribution in [0.4, 0.5) is 0 Å². The van der Waals surface area contributed by atoms with E-state index in [4.69, 9.17) is 4.74 Å². The molecule has 1 unspecified atom stereocenters. The van der Waals surface area contributed by atoms with Crippen molar-refractivity contribution in [3.63, 3.8) is 0 Å². The average Bonchev–Trinajstić information content (AvgIpc) is 2.99. The molecule has 1 fully saturated rings. The van der Waals surface area contributed by atoms with Gasteiger partial charge < -0.3 is 9.64 Å². The number of nitrogens with zero attached hydrogens (tertiary/aromatic N) is 2. The van der Waals surface area contributed by atoms with Gasteiger partial charge in [-0.3, -0.25) is 9.78 Å². The highest BCUT2D eigenvalue weighted by Crippen LogP contribution is 2.32. The Morgan fingerprint density at radius 2 is 1.93 bits per heavy atom. The van der Waals surface area contributed by atoms with E-state index in [0.29, 0.717) is 12.1 Å². The highest BCUT2D eigenvalue weighted by Gasteiger charge is 2.29. The van der Waals surface area contributed by atoms with Crippen LogP contribution in [0.15, 0.2) is 47.6 Å². The first kappa shape index (κ1) is 20.3. The van der Waals surface area contributed by atoms with Crippen LogP contribution in [-0.2, 0) is 10.0 Å². The predicted molar refractivity (Wildman–Crippen MR) is 106 cm³/mol. The quantitative estimate of drug-likeness (QED) is 0.829. The first-order valence-electron chi connectivity index (χ1n) is 9.30. The van der Waals surface area contributed by atoms with Gasteiger partial charge in [0, 0.05) is 24.5 Å². The summed E-state index contributed by atoms with van der Waals surface area (Å²) in [7, 11) is -1.02. The number of amides is 1.